The summed E-state index contributed by atoms with van der Waals surface area (Å²) in [7, 11) is 0. The number of carbonyl (C=O) groups excluding carboxylic acids is 4. The van der Waals surface area contributed by atoms with Crippen LogP contribution in [0.25, 0.3) is 0 Å². The van der Waals surface area contributed by atoms with Crippen LogP contribution in [0.15, 0.2) is 12.1 Å². The van der Waals surface area contributed by atoms with E-state index in [1.54, 1.807) is 13.8 Å². The normalized spacial score (nSPS) is 16.4. The third-order valence-electron chi connectivity index (χ3n) is 4.71. The molecule has 0 aliphatic carbocycles. The minimum absolute atomic E-state index is 0.332. The quantitative estimate of drug-likeness (QED) is 0.403. The monoisotopic (exact) mass is 415 g/mol. The summed E-state index contributed by atoms with van der Waals surface area (Å²) in [5.41, 5.74) is -1.73. The molecule has 1 aromatic rings. The van der Waals surface area contributed by atoms with Gasteiger partial charge in [0, 0.05) is 0 Å². The smallest absolute Gasteiger partial charge is 0.327 e. The second kappa shape index (κ2) is 8.50. The molecule has 4 amide bonds. The van der Waals surface area contributed by atoms with Crippen molar-refractivity contribution < 1.29 is 37.1 Å². The molecule has 0 spiro atoms. The Morgan fingerprint density at radius 3 is 2.34 bits per heavy atom. The van der Waals surface area contributed by atoms with Gasteiger partial charge < -0.3 is 15.4 Å². The van der Waals surface area contributed by atoms with E-state index in [1.807, 2.05) is 5.32 Å². The molecular weight excluding hydrogens is 395 g/mol. The van der Waals surface area contributed by atoms with Gasteiger partial charge in [0.05, 0.1) is 5.69 Å². The fourth-order valence-electron chi connectivity index (χ4n) is 2.82. The Morgan fingerprint density at radius 2 is 1.79 bits per heavy atom. The number of halogens is 3. The van der Waals surface area contributed by atoms with E-state index in [-0.39, 0.29) is 0 Å². The standard InChI is InChI=1S/C18H20F3N3O5/c1-4-18(5-2)16(27)24(17(28)23-18)8-12(25)29-9(3)15(26)22-11-7-6-10(19)13(20)14(11)21/h6-7,9H,4-5,8H2,1-3H3,(H,22,26)(H,23,28)/t9-/m0/s1. The van der Waals surface area contributed by atoms with Gasteiger partial charge in [-0.25, -0.2) is 18.0 Å². The molecule has 0 saturated carbocycles. The minimum Gasteiger partial charge on any atom is -0.451 e. The maximum absolute atomic E-state index is 13.6. The van der Waals surface area contributed by atoms with Crippen LogP contribution in [0.1, 0.15) is 33.6 Å². The second-order valence-electron chi connectivity index (χ2n) is 6.45. The van der Waals surface area contributed by atoms with Crippen LogP contribution in [0, 0.1) is 17.5 Å². The van der Waals surface area contributed by atoms with Crippen molar-refractivity contribution in [2.45, 2.75) is 45.3 Å². The number of hydrogen-bond acceptors (Lipinski definition) is 5. The molecule has 2 rings (SSSR count). The first-order valence-electron chi connectivity index (χ1n) is 8.84. The van der Waals surface area contributed by atoms with Crippen molar-refractivity contribution in [1.82, 2.24) is 10.2 Å². The van der Waals surface area contributed by atoms with Crippen LogP contribution in [-0.4, -0.2) is 46.9 Å². The van der Waals surface area contributed by atoms with E-state index in [9.17, 15) is 32.3 Å². The maximum atomic E-state index is 13.6. The number of nitrogens with zero attached hydrogens (tertiary/aromatic N) is 1. The highest BCUT2D eigenvalue weighted by atomic mass is 19.2. The summed E-state index contributed by atoms with van der Waals surface area (Å²) in [5, 5.41) is 4.51. The van der Waals surface area contributed by atoms with Gasteiger partial charge in [0.15, 0.2) is 23.6 Å². The lowest BCUT2D eigenvalue weighted by molar-refractivity contribution is -0.155. The number of benzene rings is 1. The summed E-state index contributed by atoms with van der Waals surface area (Å²) in [6.07, 6.45) is -0.797. The summed E-state index contributed by atoms with van der Waals surface area (Å²) in [6, 6.07) is 0.676. The van der Waals surface area contributed by atoms with Gasteiger partial charge in [-0.1, -0.05) is 13.8 Å². The van der Waals surface area contributed by atoms with Crippen LogP contribution >= 0.6 is 0 Å². The molecule has 1 aliphatic heterocycles. The summed E-state index contributed by atoms with van der Waals surface area (Å²) >= 11 is 0. The molecule has 1 fully saturated rings. The maximum Gasteiger partial charge on any atom is 0.327 e. The Kier molecular flexibility index (Phi) is 6.50. The van der Waals surface area contributed by atoms with Crippen LogP contribution < -0.4 is 10.6 Å². The molecule has 1 heterocycles. The highest BCUT2D eigenvalue weighted by molar-refractivity contribution is 6.08. The van der Waals surface area contributed by atoms with Crippen molar-refractivity contribution >= 4 is 29.5 Å². The lowest BCUT2D eigenvalue weighted by Crippen LogP contribution is -2.46. The number of amides is 4. The van der Waals surface area contributed by atoms with Gasteiger partial charge in [-0.05, 0) is 31.9 Å². The van der Waals surface area contributed by atoms with Crippen LogP contribution in [-0.2, 0) is 19.1 Å². The van der Waals surface area contributed by atoms with Crippen molar-refractivity contribution in [2.75, 3.05) is 11.9 Å². The number of urea groups is 1. The number of nitrogens with one attached hydrogen (secondary N) is 2. The number of rotatable bonds is 7. The first-order chi connectivity index (χ1) is 13.6. The van der Waals surface area contributed by atoms with E-state index in [4.69, 9.17) is 4.74 Å². The zero-order chi connectivity index (χ0) is 21.9. The van der Waals surface area contributed by atoms with Gasteiger partial charge in [0.2, 0.25) is 0 Å². The Bertz CT molecular complexity index is 857. The Labute approximate surface area is 164 Å². The third-order valence-corrected chi connectivity index (χ3v) is 4.71. The molecule has 0 aromatic heterocycles. The number of ether oxygens (including phenoxy) is 1. The predicted octanol–water partition coefficient (Wildman–Crippen LogP) is 2.08. The number of esters is 1. The van der Waals surface area contributed by atoms with E-state index in [2.05, 4.69) is 5.32 Å². The zero-order valence-electron chi connectivity index (χ0n) is 16.0. The van der Waals surface area contributed by atoms with E-state index in [1.165, 1.54) is 0 Å². The van der Waals surface area contributed by atoms with Crippen molar-refractivity contribution in [2.24, 2.45) is 0 Å². The summed E-state index contributed by atoms with van der Waals surface area (Å²) in [4.78, 5) is 49.2. The van der Waals surface area contributed by atoms with Gasteiger partial charge in [0.25, 0.3) is 11.8 Å². The van der Waals surface area contributed by atoms with Crippen molar-refractivity contribution in [1.29, 1.82) is 0 Å². The number of anilines is 1. The lowest BCUT2D eigenvalue weighted by Gasteiger charge is -2.23. The van der Waals surface area contributed by atoms with Crippen molar-refractivity contribution in [3.63, 3.8) is 0 Å². The SMILES string of the molecule is CCC1(CC)NC(=O)N(CC(=O)O[C@@H](C)C(=O)Nc2ccc(F)c(F)c2F)C1=O. The fourth-order valence-corrected chi connectivity index (χ4v) is 2.82. The molecule has 1 aliphatic rings. The third kappa shape index (κ3) is 4.33. The summed E-state index contributed by atoms with van der Waals surface area (Å²) in [6.45, 7) is 3.86. The van der Waals surface area contributed by atoms with E-state index < -0.39 is 65.1 Å². The molecule has 29 heavy (non-hydrogen) atoms. The first-order valence-corrected chi connectivity index (χ1v) is 8.84. The lowest BCUT2D eigenvalue weighted by atomic mass is 9.93. The van der Waals surface area contributed by atoms with Gasteiger partial charge in [-0.2, -0.15) is 0 Å². The van der Waals surface area contributed by atoms with Gasteiger partial charge in [0.1, 0.15) is 12.1 Å². The van der Waals surface area contributed by atoms with Crippen LogP contribution in [0.3, 0.4) is 0 Å². The van der Waals surface area contributed by atoms with Crippen molar-refractivity contribution in [3.8, 4) is 0 Å². The molecule has 158 valence electrons. The van der Waals surface area contributed by atoms with E-state index in [0.29, 0.717) is 23.8 Å². The van der Waals surface area contributed by atoms with Gasteiger partial charge in [-0.3, -0.25) is 19.3 Å². The molecule has 11 heteroatoms. The molecular formula is C18H20F3N3O5. The molecule has 2 N–H and O–H groups in total. The van der Waals surface area contributed by atoms with Crippen LogP contribution in [0.4, 0.5) is 23.7 Å². The number of hydrogen-bond donors (Lipinski definition) is 2. The molecule has 1 atom stereocenters. The van der Waals surface area contributed by atoms with E-state index >= 15 is 0 Å². The predicted molar refractivity (Wildman–Crippen MR) is 94.1 cm³/mol. The van der Waals surface area contributed by atoms with Gasteiger partial charge in [-0.15, -0.1) is 0 Å². The number of carbonyl (C=O) groups is 4. The molecule has 0 radical (unpaired) electrons. The summed E-state index contributed by atoms with van der Waals surface area (Å²) in [5.74, 6) is -7.44. The first kappa shape index (κ1) is 22.2. The minimum atomic E-state index is -1.76. The fraction of sp³-hybridized carbons (Fsp3) is 0.444. The molecule has 1 aromatic carbocycles. The molecule has 1 saturated heterocycles. The summed E-state index contributed by atoms with van der Waals surface area (Å²) < 4.78 is 44.6. The zero-order valence-corrected chi connectivity index (χ0v) is 16.0. The van der Waals surface area contributed by atoms with Crippen LogP contribution in [0.2, 0.25) is 0 Å². The molecule has 8 nitrogen and oxygen atoms in total. The van der Waals surface area contributed by atoms with Crippen LogP contribution in [0.5, 0.6) is 0 Å². The largest absolute Gasteiger partial charge is 0.451 e. The average molecular weight is 415 g/mol. The highest BCUT2D eigenvalue weighted by Crippen LogP contribution is 2.25. The second-order valence-corrected chi connectivity index (χ2v) is 6.45. The van der Waals surface area contributed by atoms with E-state index in [0.717, 1.165) is 13.0 Å². The average Bonchev–Trinajstić information content (AvgIpc) is 2.92. The van der Waals surface area contributed by atoms with Crippen molar-refractivity contribution in [3.05, 3.63) is 29.6 Å². The molecule has 0 bridgehead atoms. The highest BCUT2D eigenvalue weighted by Gasteiger charge is 2.49. The Hall–Kier alpha value is -3.11. The topological polar surface area (TPSA) is 105 Å². The Balaban J connectivity index is 1.99. The van der Waals surface area contributed by atoms with Gasteiger partial charge >= 0.3 is 12.0 Å². The molecule has 0 unspecified atom stereocenters. The Morgan fingerprint density at radius 1 is 1.17 bits per heavy atom. The number of imide groups is 1.